The Kier molecular flexibility index (Phi) is 3.90. The lowest BCUT2D eigenvalue weighted by molar-refractivity contribution is 0.0860. The molecule has 1 fully saturated rings. The van der Waals surface area contributed by atoms with E-state index in [2.05, 4.69) is 32.4 Å². The summed E-state index contributed by atoms with van der Waals surface area (Å²) in [6.45, 7) is 0. The van der Waals surface area contributed by atoms with Crippen molar-refractivity contribution in [1.82, 2.24) is 34.2 Å². The number of hydrogen-bond acceptors (Lipinski definition) is 6. The minimum Gasteiger partial charge on any atom is -0.275 e. The van der Waals surface area contributed by atoms with Crippen LogP contribution in [0, 0.1) is 34.5 Å². The van der Waals surface area contributed by atoms with Gasteiger partial charge in [0.1, 0.15) is 5.69 Å². The third-order valence-electron chi connectivity index (χ3n) is 5.64. The molecule has 1 saturated carbocycles. The Morgan fingerprint density at radius 1 is 1.23 bits per heavy atom. The molecule has 0 saturated heterocycles. The molecule has 0 bridgehead atoms. The van der Waals surface area contributed by atoms with E-state index in [9.17, 15) is 5.26 Å². The molecule has 0 spiro atoms. The minimum atomic E-state index is -0.674. The molecule has 4 heterocycles. The van der Waals surface area contributed by atoms with E-state index in [0.29, 0.717) is 29.7 Å². The minimum absolute atomic E-state index is 0.150. The van der Waals surface area contributed by atoms with Gasteiger partial charge >= 0.3 is 0 Å². The number of aryl methyl sites for hydroxylation is 1. The van der Waals surface area contributed by atoms with E-state index >= 15 is 4.39 Å². The number of rotatable bonds is 4. The van der Waals surface area contributed by atoms with Crippen LogP contribution in [-0.2, 0) is 12.6 Å². The summed E-state index contributed by atoms with van der Waals surface area (Å²) < 4.78 is 19.8. The van der Waals surface area contributed by atoms with Crippen LogP contribution in [0.15, 0.2) is 37.1 Å². The molecule has 4 aromatic rings. The lowest BCUT2D eigenvalue weighted by Gasteiger charge is -2.43. The van der Waals surface area contributed by atoms with Crippen LogP contribution >= 0.6 is 0 Å². The van der Waals surface area contributed by atoms with Crippen molar-refractivity contribution in [2.75, 3.05) is 0 Å². The first-order valence-corrected chi connectivity index (χ1v) is 9.39. The van der Waals surface area contributed by atoms with E-state index in [1.165, 1.54) is 4.68 Å². The largest absolute Gasteiger partial charge is 0.275 e. The van der Waals surface area contributed by atoms with E-state index in [1.54, 1.807) is 40.1 Å². The zero-order chi connectivity index (χ0) is 20.9. The highest BCUT2D eigenvalue weighted by molar-refractivity contribution is 5.78. The van der Waals surface area contributed by atoms with E-state index < -0.39 is 11.5 Å². The molecule has 0 aliphatic heterocycles. The fraction of sp³-hybridized carbons (Fsp3) is 0.300. The predicted octanol–water partition coefficient (Wildman–Crippen LogP) is 2.67. The second kappa shape index (κ2) is 6.49. The predicted molar refractivity (Wildman–Crippen MR) is 103 cm³/mol. The Labute approximate surface area is 170 Å². The van der Waals surface area contributed by atoms with Crippen LogP contribution in [-0.4, -0.2) is 34.2 Å². The van der Waals surface area contributed by atoms with E-state index in [0.717, 1.165) is 5.56 Å². The summed E-state index contributed by atoms with van der Waals surface area (Å²) in [5.74, 6) is -0.825. The quantitative estimate of drug-likeness (QED) is 0.519. The molecule has 1 aliphatic rings. The van der Waals surface area contributed by atoms with Gasteiger partial charge in [-0.05, 0) is 18.9 Å². The number of halogens is 1. The molecule has 5 rings (SSSR count). The molecule has 30 heavy (non-hydrogen) atoms. The monoisotopic (exact) mass is 401 g/mol. The Morgan fingerprint density at radius 3 is 2.77 bits per heavy atom. The van der Waals surface area contributed by atoms with Gasteiger partial charge in [0.25, 0.3) is 0 Å². The van der Waals surface area contributed by atoms with Gasteiger partial charge in [-0.2, -0.15) is 25.1 Å². The summed E-state index contributed by atoms with van der Waals surface area (Å²) in [7, 11) is 1.81. The van der Waals surface area contributed by atoms with Gasteiger partial charge in [0.2, 0.25) is 5.95 Å². The van der Waals surface area contributed by atoms with Gasteiger partial charge in [0.15, 0.2) is 0 Å². The fourth-order valence-electron chi connectivity index (χ4n) is 4.08. The third-order valence-corrected chi connectivity index (χ3v) is 5.64. The molecular weight excluding hydrogens is 385 g/mol. The van der Waals surface area contributed by atoms with Crippen LogP contribution in [0.25, 0.3) is 28.0 Å². The van der Waals surface area contributed by atoms with Crippen LogP contribution in [0.2, 0.25) is 0 Å². The molecule has 0 amide bonds. The molecule has 0 aromatic carbocycles. The molecule has 9 nitrogen and oxygen atoms in total. The van der Waals surface area contributed by atoms with Crippen molar-refractivity contribution in [3.63, 3.8) is 0 Å². The molecular formula is C20H16FN9. The Bertz CT molecular complexity index is 1340. The maximum Gasteiger partial charge on any atom is 0.242 e. The van der Waals surface area contributed by atoms with E-state index in [1.807, 2.05) is 13.2 Å². The zero-order valence-electron chi connectivity index (χ0n) is 16.1. The second-order valence-electron chi connectivity index (χ2n) is 7.61. The van der Waals surface area contributed by atoms with Gasteiger partial charge in [-0.15, -0.1) is 5.10 Å². The van der Waals surface area contributed by atoms with Crippen molar-refractivity contribution in [3.8, 4) is 34.7 Å². The smallest absolute Gasteiger partial charge is 0.242 e. The number of hydrogen-bond donors (Lipinski definition) is 0. The average molecular weight is 401 g/mol. The number of aromatic nitrogens is 7. The molecule has 1 aliphatic carbocycles. The normalized spacial score (nSPS) is 20.6. The van der Waals surface area contributed by atoms with E-state index in [4.69, 9.17) is 5.26 Å². The van der Waals surface area contributed by atoms with Gasteiger partial charge < -0.3 is 0 Å². The van der Waals surface area contributed by atoms with Gasteiger partial charge in [-0.3, -0.25) is 9.36 Å². The number of nitriles is 2. The maximum atomic E-state index is 15.0. The molecule has 10 heteroatoms. The SMILES string of the molecule is Cn1cc(-c2cn3nccc3c(-c3cn([C@]4(CC#N)C[C@@H](C#N)C4)nc3F)n2)cn1. The van der Waals surface area contributed by atoms with Crippen LogP contribution in [0.1, 0.15) is 19.3 Å². The molecule has 148 valence electrons. The van der Waals surface area contributed by atoms with Crippen molar-refractivity contribution in [3.05, 3.63) is 43.0 Å². The van der Waals surface area contributed by atoms with Crippen molar-refractivity contribution in [2.24, 2.45) is 13.0 Å². The topological polar surface area (TPSA) is 113 Å². The first-order chi connectivity index (χ1) is 14.5. The Hall–Kier alpha value is -4.05. The van der Waals surface area contributed by atoms with Gasteiger partial charge in [-0.25, -0.2) is 9.50 Å². The van der Waals surface area contributed by atoms with Crippen molar-refractivity contribution in [1.29, 1.82) is 10.5 Å². The molecule has 0 atom stereocenters. The molecule has 0 N–H and O–H groups in total. The highest BCUT2D eigenvalue weighted by Gasteiger charge is 2.47. The fourth-order valence-corrected chi connectivity index (χ4v) is 4.08. The van der Waals surface area contributed by atoms with Crippen molar-refractivity contribution >= 4 is 5.52 Å². The average Bonchev–Trinajstić information content (AvgIpc) is 3.43. The lowest BCUT2D eigenvalue weighted by Crippen LogP contribution is -2.46. The summed E-state index contributed by atoms with van der Waals surface area (Å²) in [6, 6.07) is 6.11. The third kappa shape index (κ3) is 2.65. The first-order valence-electron chi connectivity index (χ1n) is 9.39. The molecule has 4 aromatic heterocycles. The Morgan fingerprint density at radius 2 is 2.07 bits per heavy atom. The standard InChI is InChI=1S/C20H16FN9/c1-28-10-14(9-25-28)16-12-29-17(2-5-24-29)18(26-16)15-11-30(27-19(15)21)20(3-4-22)6-13(7-20)8-23/h2,5,9-13H,3,6-7H2,1H3/t13-,20-. The Balaban J connectivity index is 1.64. The van der Waals surface area contributed by atoms with Gasteiger partial charge in [-0.1, -0.05) is 0 Å². The van der Waals surface area contributed by atoms with Crippen molar-refractivity contribution in [2.45, 2.75) is 24.8 Å². The lowest BCUT2D eigenvalue weighted by atomic mass is 9.67. The molecule has 0 unspecified atom stereocenters. The maximum absolute atomic E-state index is 15.0. The summed E-state index contributed by atoms with van der Waals surface area (Å²) in [5, 5.41) is 30.9. The van der Waals surface area contributed by atoms with Gasteiger partial charge in [0, 0.05) is 25.0 Å². The van der Waals surface area contributed by atoms with Crippen LogP contribution in [0.3, 0.4) is 0 Å². The summed E-state index contributed by atoms with van der Waals surface area (Å²) >= 11 is 0. The zero-order valence-corrected chi connectivity index (χ0v) is 16.1. The summed E-state index contributed by atoms with van der Waals surface area (Å²) in [5.41, 5.74) is 1.98. The van der Waals surface area contributed by atoms with Crippen LogP contribution < -0.4 is 0 Å². The summed E-state index contributed by atoms with van der Waals surface area (Å²) in [4.78, 5) is 4.68. The highest BCUT2D eigenvalue weighted by atomic mass is 19.1. The van der Waals surface area contributed by atoms with E-state index in [-0.39, 0.29) is 17.9 Å². The first kappa shape index (κ1) is 18.0. The van der Waals surface area contributed by atoms with Gasteiger partial charge in [0.05, 0.1) is 65.4 Å². The van der Waals surface area contributed by atoms with Crippen molar-refractivity contribution < 1.29 is 4.39 Å². The molecule has 0 radical (unpaired) electrons. The van der Waals surface area contributed by atoms with Crippen LogP contribution in [0.5, 0.6) is 0 Å². The highest BCUT2D eigenvalue weighted by Crippen LogP contribution is 2.46. The second-order valence-corrected chi connectivity index (χ2v) is 7.61. The van der Waals surface area contributed by atoms with Crippen LogP contribution in [0.4, 0.5) is 4.39 Å². The summed E-state index contributed by atoms with van der Waals surface area (Å²) in [6.07, 6.45) is 9.58. The number of fused-ring (bicyclic) bond motifs is 1. The number of nitrogens with zero attached hydrogens (tertiary/aromatic N) is 9.